The summed E-state index contributed by atoms with van der Waals surface area (Å²) in [5.74, 6) is 11.7. The minimum absolute atomic E-state index is 0.0265. The number of hydrogen-bond donors (Lipinski definition) is 7. The molecule has 2 rings (SSSR count). The fourth-order valence-electron chi connectivity index (χ4n) is 17.1. The molecule has 2 aliphatic rings. The molecule has 15 heteroatoms. The lowest BCUT2D eigenvalue weighted by Gasteiger charge is -2.41. The summed E-state index contributed by atoms with van der Waals surface area (Å²) >= 11 is 0. The predicted octanol–water partition coefficient (Wildman–Crippen LogP) is 23.5. The third-order valence-corrected chi connectivity index (χ3v) is 27.0. The van der Waals surface area contributed by atoms with E-state index in [9.17, 15) is 40.1 Å². The van der Waals surface area contributed by atoms with Crippen molar-refractivity contribution in [1.82, 2.24) is 0 Å². The molecule has 0 amide bonds. The Balaban J connectivity index is 1.88. The molecule has 0 aromatic rings. The van der Waals surface area contributed by atoms with Crippen LogP contribution in [0.1, 0.15) is 393 Å². The van der Waals surface area contributed by atoms with Gasteiger partial charge >= 0.3 is 7.82 Å². The minimum Gasteiger partial charge on any atom is -0.394 e. The lowest BCUT2D eigenvalue weighted by molar-refractivity contribution is -0.220. The zero-order chi connectivity index (χ0) is 79.4. The zero-order valence-electron chi connectivity index (χ0n) is 73.1. The van der Waals surface area contributed by atoms with Crippen molar-refractivity contribution in [2.24, 2.45) is 94.7 Å². The molecule has 14 nitrogen and oxygen atoms in total. The molecule has 1 saturated carbocycles. The highest BCUT2D eigenvalue weighted by atomic mass is 31.2. The van der Waals surface area contributed by atoms with Gasteiger partial charge in [0.15, 0.2) is 0 Å². The van der Waals surface area contributed by atoms with E-state index >= 15 is 0 Å². The van der Waals surface area contributed by atoms with Crippen LogP contribution in [0, 0.1) is 94.7 Å². The van der Waals surface area contributed by atoms with E-state index in [-0.39, 0.29) is 25.9 Å². The Labute approximate surface area is 662 Å². The van der Waals surface area contributed by atoms with Crippen LogP contribution < -0.4 is 0 Å². The Morgan fingerprint density at radius 3 is 0.692 bits per heavy atom. The first-order valence-corrected chi connectivity index (χ1v) is 47.5. The maximum Gasteiger partial charge on any atom is 0.472 e. The summed E-state index contributed by atoms with van der Waals surface area (Å²) in [6.45, 7) is 41.5. The minimum atomic E-state index is -4.96. The highest BCUT2D eigenvalue weighted by Gasteiger charge is 2.51. The van der Waals surface area contributed by atoms with Gasteiger partial charge in [0.05, 0.1) is 26.4 Å². The van der Waals surface area contributed by atoms with Crippen LogP contribution >= 0.6 is 7.82 Å². The van der Waals surface area contributed by atoms with Crippen molar-refractivity contribution < 1.29 is 68.1 Å². The zero-order valence-corrected chi connectivity index (χ0v) is 74.0. The van der Waals surface area contributed by atoms with Crippen molar-refractivity contribution in [3.05, 3.63) is 0 Å². The molecule has 0 radical (unpaired) electrons. The van der Waals surface area contributed by atoms with Gasteiger partial charge in [-0.15, -0.1) is 0 Å². The first-order chi connectivity index (χ1) is 51.0. The summed E-state index contributed by atoms with van der Waals surface area (Å²) in [5.41, 5.74) is 0. The van der Waals surface area contributed by atoms with Crippen LogP contribution in [0.4, 0.5) is 0 Å². The van der Waals surface area contributed by atoms with E-state index in [0.717, 1.165) is 111 Å². The van der Waals surface area contributed by atoms with Gasteiger partial charge in [-0.25, -0.2) is 4.57 Å². The first-order valence-electron chi connectivity index (χ1n) is 46.0. The van der Waals surface area contributed by atoms with Gasteiger partial charge in [0.1, 0.15) is 48.8 Å². The maximum atomic E-state index is 13.2. The molecule has 7 N–H and O–H groups in total. The molecule has 1 saturated heterocycles. The second-order valence-electron chi connectivity index (χ2n) is 38.3. The summed E-state index contributed by atoms with van der Waals surface area (Å²) in [4.78, 5) is 10.7. The Morgan fingerprint density at radius 1 is 0.271 bits per heavy atom. The van der Waals surface area contributed by atoms with E-state index in [0.29, 0.717) is 61.9 Å². The van der Waals surface area contributed by atoms with Crippen LogP contribution in [-0.2, 0) is 32.6 Å². The topological polar surface area (TPSA) is 214 Å². The summed E-state index contributed by atoms with van der Waals surface area (Å²) in [6, 6.07) is 0. The quantitative estimate of drug-likeness (QED) is 0.123. The van der Waals surface area contributed by atoms with Gasteiger partial charge in [0.2, 0.25) is 0 Å². The van der Waals surface area contributed by atoms with E-state index in [2.05, 4.69) is 111 Å². The standard InChI is InChI=1S/C92H183O14P/c1-69-29-17-33-73(5)41-25-49-81(13)57-61-101-66-85(65-93)103-63-59-83(15)51-27-43-75(7)35-19-31-71(3)39-23-47-79(11)55-53-78(10)46-22-38-70(2)30-18-34-74(6)42-26-50-82(14)58-62-102-67-86(68-105-107(99,100)106-92-90(97)88(95)87(94)89(96)91(92)98)104-64-60-84(16)52-28-44-76(8)36-20-32-72(4)40-24-48-80(12)56-54-77(9)45-21-37-69/h69-98H,17-68H2,1-16H3,(H,99,100). The van der Waals surface area contributed by atoms with Crippen LogP contribution in [0.3, 0.4) is 0 Å². The molecule has 0 spiro atoms. The molecular weight excluding hydrogens is 1360 g/mol. The average Bonchev–Trinajstić information content (AvgIpc) is 0.791. The van der Waals surface area contributed by atoms with E-state index in [1.165, 1.54) is 238 Å². The van der Waals surface area contributed by atoms with E-state index < -0.39 is 50.6 Å². The fraction of sp³-hybridized carbons (Fsp3) is 1.00. The van der Waals surface area contributed by atoms with Crippen molar-refractivity contribution in [2.45, 2.75) is 442 Å². The second-order valence-corrected chi connectivity index (χ2v) is 39.7. The summed E-state index contributed by atoms with van der Waals surface area (Å²) in [6.07, 6.45) is 44.0. The molecule has 640 valence electrons. The van der Waals surface area contributed by atoms with E-state index in [1.807, 2.05) is 0 Å². The Bertz CT molecular complexity index is 2040. The van der Waals surface area contributed by atoms with Gasteiger partial charge in [-0.3, -0.25) is 9.05 Å². The van der Waals surface area contributed by atoms with Gasteiger partial charge in [0, 0.05) is 26.4 Å². The Morgan fingerprint density at radius 2 is 0.458 bits per heavy atom. The molecule has 23 atom stereocenters. The van der Waals surface area contributed by atoms with Crippen LogP contribution in [-0.4, -0.2) is 137 Å². The number of phosphoric acid groups is 1. The van der Waals surface area contributed by atoms with Gasteiger partial charge < -0.3 is 54.5 Å². The van der Waals surface area contributed by atoms with Gasteiger partial charge in [0.25, 0.3) is 0 Å². The number of hydrogen-bond acceptors (Lipinski definition) is 13. The third-order valence-electron chi connectivity index (χ3n) is 26.0. The normalized spacial score (nSPS) is 38.3. The molecule has 1 aliphatic carbocycles. The highest BCUT2D eigenvalue weighted by molar-refractivity contribution is 7.47. The van der Waals surface area contributed by atoms with E-state index in [1.54, 1.807) is 0 Å². The summed E-state index contributed by atoms with van der Waals surface area (Å²) in [7, 11) is -4.96. The lowest BCUT2D eigenvalue weighted by Crippen LogP contribution is -2.64. The largest absolute Gasteiger partial charge is 0.472 e. The summed E-state index contributed by atoms with van der Waals surface area (Å²) < 4.78 is 48.4. The lowest BCUT2D eigenvalue weighted by atomic mass is 9.85. The Hall–Kier alpha value is -0.290. The van der Waals surface area contributed by atoms with Crippen LogP contribution in [0.15, 0.2) is 0 Å². The van der Waals surface area contributed by atoms with Gasteiger partial charge in [-0.1, -0.05) is 368 Å². The van der Waals surface area contributed by atoms with Crippen LogP contribution in [0.25, 0.3) is 0 Å². The third kappa shape index (κ3) is 54.3. The maximum absolute atomic E-state index is 13.2. The van der Waals surface area contributed by atoms with Crippen molar-refractivity contribution >= 4 is 7.82 Å². The molecule has 0 aromatic heterocycles. The SMILES string of the molecule is CC1CCCC(C)CCCC(C)CCC(C)CCCC(C)CCCC(C)CCCC(C)CCOC(COP(=O)(O)OC2C(O)C(O)C(O)C(O)C2O)COCCC(C)CCCC(C)CCCC(C)CCCC(C)CCC(C)CCCC(C)CCCC(C)CCCC(C)CCOC(CO)COCCC(C)CCC1. The van der Waals surface area contributed by atoms with Crippen molar-refractivity contribution in [3.8, 4) is 0 Å². The smallest absolute Gasteiger partial charge is 0.394 e. The predicted molar refractivity (Wildman–Crippen MR) is 449 cm³/mol. The number of aliphatic hydroxyl groups is 6. The molecule has 1 heterocycles. The Kier molecular flexibility index (Phi) is 60.5. The monoisotopic (exact) mass is 1540 g/mol. The number of phosphoric ester groups is 1. The fourth-order valence-corrected chi connectivity index (χ4v) is 18.0. The second kappa shape index (κ2) is 62.9. The van der Waals surface area contributed by atoms with Crippen LogP contribution in [0.2, 0.25) is 0 Å². The van der Waals surface area contributed by atoms with Crippen molar-refractivity contribution in [2.75, 3.05) is 52.9 Å². The van der Waals surface area contributed by atoms with Crippen LogP contribution in [0.5, 0.6) is 0 Å². The van der Waals surface area contributed by atoms with Gasteiger partial charge in [-0.05, 0) is 120 Å². The highest BCUT2D eigenvalue weighted by Crippen LogP contribution is 2.47. The number of rotatable bonds is 6. The molecule has 0 aromatic carbocycles. The molecule has 23 unspecified atom stereocenters. The van der Waals surface area contributed by atoms with E-state index in [4.69, 9.17) is 28.0 Å². The first kappa shape index (κ1) is 103. The molecule has 1 aliphatic heterocycles. The number of aliphatic hydroxyl groups excluding tert-OH is 6. The molecule has 2 fully saturated rings. The molecule has 0 bridgehead atoms. The summed E-state index contributed by atoms with van der Waals surface area (Å²) in [5, 5.41) is 61.4. The number of ether oxygens (including phenoxy) is 4. The van der Waals surface area contributed by atoms with Crippen molar-refractivity contribution in [1.29, 1.82) is 0 Å². The van der Waals surface area contributed by atoms with Gasteiger partial charge in [-0.2, -0.15) is 0 Å². The van der Waals surface area contributed by atoms with Crippen molar-refractivity contribution in [3.63, 3.8) is 0 Å². The average molecular weight is 1540 g/mol. The molecular formula is C92H183O14P. The molecule has 107 heavy (non-hydrogen) atoms.